The van der Waals surface area contributed by atoms with Gasteiger partial charge in [-0.05, 0) is 38.9 Å². The fourth-order valence-corrected chi connectivity index (χ4v) is 1.75. The lowest BCUT2D eigenvalue weighted by molar-refractivity contribution is 0.0952. The number of carbonyl (C=O) groups is 1. The predicted molar refractivity (Wildman–Crippen MR) is 70.9 cm³/mol. The van der Waals surface area contributed by atoms with Gasteiger partial charge in [-0.1, -0.05) is 13.8 Å². The highest BCUT2D eigenvalue weighted by molar-refractivity contribution is 5.94. The molecule has 1 amide bonds. The van der Waals surface area contributed by atoms with E-state index in [9.17, 15) is 4.79 Å². The highest BCUT2D eigenvalue weighted by Crippen LogP contribution is 2.16. The van der Waals surface area contributed by atoms with Crippen molar-refractivity contribution < 1.29 is 9.21 Å². The van der Waals surface area contributed by atoms with Crippen LogP contribution in [0.2, 0.25) is 0 Å². The smallest absolute Gasteiger partial charge is 0.268 e. The zero-order valence-corrected chi connectivity index (χ0v) is 11.6. The summed E-state index contributed by atoms with van der Waals surface area (Å²) in [5, 5.41) is 0. The second-order valence-corrected chi connectivity index (χ2v) is 5.08. The molecule has 0 atom stereocenters. The molecule has 3 N–H and O–H groups in total. The van der Waals surface area contributed by atoms with E-state index in [0.717, 1.165) is 18.7 Å². The van der Waals surface area contributed by atoms with Crippen LogP contribution in [0.4, 0.5) is 0 Å². The summed E-state index contributed by atoms with van der Waals surface area (Å²) in [6.07, 6.45) is 1.15. The van der Waals surface area contributed by atoms with Gasteiger partial charge >= 0.3 is 0 Å². The summed E-state index contributed by atoms with van der Waals surface area (Å²) < 4.78 is 5.56. The van der Waals surface area contributed by atoms with Crippen molar-refractivity contribution in [3.05, 3.63) is 23.2 Å². The molecule has 0 aromatic carbocycles. The van der Waals surface area contributed by atoms with Crippen molar-refractivity contribution in [3.8, 4) is 0 Å². The first-order valence-corrected chi connectivity index (χ1v) is 6.22. The maximum atomic E-state index is 11.4. The Labute approximate surface area is 108 Å². The summed E-state index contributed by atoms with van der Waals surface area (Å²) in [6, 6.07) is 1.75. The molecule has 0 unspecified atom stereocenters. The Morgan fingerprint density at radius 2 is 2.22 bits per heavy atom. The molecule has 18 heavy (non-hydrogen) atoms. The van der Waals surface area contributed by atoms with E-state index in [-0.39, 0.29) is 5.91 Å². The topological polar surface area (TPSA) is 71.5 Å². The lowest BCUT2D eigenvalue weighted by Crippen LogP contribution is -2.30. The minimum absolute atomic E-state index is 0.313. The molecule has 0 aliphatic carbocycles. The lowest BCUT2D eigenvalue weighted by atomic mass is 10.1. The average Bonchev–Trinajstić information content (AvgIpc) is 2.66. The van der Waals surface area contributed by atoms with E-state index in [4.69, 9.17) is 10.3 Å². The van der Waals surface area contributed by atoms with E-state index in [1.165, 1.54) is 0 Å². The van der Waals surface area contributed by atoms with Gasteiger partial charge in [-0.15, -0.1) is 0 Å². The van der Waals surface area contributed by atoms with Crippen LogP contribution in [0.15, 0.2) is 10.5 Å². The molecule has 0 spiro atoms. The Morgan fingerprint density at radius 3 is 2.78 bits per heavy atom. The van der Waals surface area contributed by atoms with Gasteiger partial charge < -0.3 is 4.42 Å². The molecule has 0 aliphatic rings. The summed E-state index contributed by atoms with van der Waals surface area (Å²) in [5.74, 6) is 6.88. The van der Waals surface area contributed by atoms with Gasteiger partial charge in [-0.2, -0.15) is 0 Å². The van der Waals surface area contributed by atoms with E-state index in [0.29, 0.717) is 23.8 Å². The number of furan rings is 1. The zero-order valence-electron chi connectivity index (χ0n) is 11.6. The molecule has 5 nitrogen and oxygen atoms in total. The number of nitrogens with one attached hydrogen (secondary N) is 1. The number of aryl methyl sites for hydroxylation is 1. The number of hydrazine groups is 1. The van der Waals surface area contributed by atoms with Crippen molar-refractivity contribution in [2.75, 3.05) is 13.6 Å². The SMILES string of the molecule is Cc1oc(CN(C)CCC(C)C)cc1C(=O)NN. The molecule has 0 saturated heterocycles. The Morgan fingerprint density at radius 1 is 1.56 bits per heavy atom. The molecule has 1 rings (SSSR count). The van der Waals surface area contributed by atoms with Crippen molar-refractivity contribution >= 4 is 5.91 Å². The van der Waals surface area contributed by atoms with Crippen LogP contribution in [0.3, 0.4) is 0 Å². The molecular weight excluding hydrogens is 230 g/mol. The second-order valence-electron chi connectivity index (χ2n) is 5.08. The van der Waals surface area contributed by atoms with E-state index in [2.05, 4.69) is 24.2 Å². The third kappa shape index (κ3) is 4.16. The monoisotopic (exact) mass is 253 g/mol. The maximum absolute atomic E-state index is 11.4. The molecule has 0 bridgehead atoms. The molecule has 0 aliphatic heterocycles. The molecule has 0 fully saturated rings. The predicted octanol–water partition coefficient (Wildman–Crippen LogP) is 1.67. The summed E-state index contributed by atoms with van der Waals surface area (Å²) in [6.45, 7) is 7.88. The van der Waals surface area contributed by atoms with E-state index in [1.54, 1.807) is 13.0 Å². The van der Waals surface area contributed by atoms with Crippen LogP contribution in [0.25, 0.3) is 0 Å². The van der Waals surface area contributed by atoms with Crippen LogP contribution in [0.1, 0.15) is 42.1 Å². The molecule has 1 aromatic rings. The lowest BCUT2D eigenvalue weighted by Gasteiger charge is -2.16. The first kappa shape index (κ1) is 14.7. The highest BCUT2D eigenvalue weighted by Gasteiger charge is 2.14. The van der Waals surface area contributed by atoms with Crippen molar-refractivity contribution in [2.45, 2.75) is 33.7 Å². The minimum atomic E-state index is -0.313. The molecule has 0 radical (unpaired) electrons. The van der Waals surface area contributed by atoms with Crippen molar-refractivity contribution in [3.63, 3.8) is 0 Å². The fourth-order valence-electron chi connectivity index (χ4n) is 1.75. The summed E-state index contributed by atoms with van der Waals surface area (Å²) in [5.41, 5.74) is 2.62. The Bertz CT molecular complexity index is 399. The summed E-state index contributed by atoms with van der Waals surface area (Å²) >= 11 is 0. The molecular formula is C13H23N3O2. The van der Waals surface area contributed by atoms with E-state index < -0.39 is 0 Å². The molecule has 0 saturated carbocycles. The zero-order chi connectivity index (χ0) is 13.7. The number of nitrogens with zero attached hydrogens (tertiary/aromatic N) is 1. The van der Waals surface area contributed by atoms with Gasteiger partial charge in [0, 0.05) is 0 Å². The molecule has 1 aromatic heterocycles. The van der Waals surface area contributed by atoms with Gasteiger partial charge in [0.25, 0.3) is 5.91 Å². The number of hydrogen-bond donors (Lipinski definition) is 2. The molecule has 5 heteroatoms. The number of rotatable bonds is 6. The van der Waals surface area contributed by atoms with Crippen LogP contribution in [-0.2, 0) is 6.54 Å². The summed E-state index contributed by atoms with van der Waals surface area (Å²) in [7, 11) is 2.04. The highest BCUT2D eigenvalue weighted by atomic mass is 16.3. The van der Waals surface area contributed by atoms with Gasteiger partial charge in [0.05, 0.1) is 12.1 Å². The maximum Gasteiger partial charge on any atom is 0.268 e. The van der Waals surface area contributed by atoms with Crippen molar-refractivity contribution in [1.82, 2.24) is 10.3 Å². The number of nitrogen functional groups attached to an aromatic ring is 1. The standard InChI is InChI=1S/C13H23N3O2/c1-9(2)5-6-16(4)8-11-7-12(10(3)18-11)13(17)15-14/h7,9H,5-6,8,14H2,1-4H3,(H,15,17). The van der Waals surface area contributed by atoms with Crippen LogP contribution < -0.4 is 11.3 Å². The third-order valence-corrected chi connectivity index (χ3v) is 2.86. The van der Waals surface area contributed by atoms with E-state index >= 15 is 0 Å². The van der Waals surface area contributed by atoms with Crippen molar-refractivity contribution in [1.29, 1.82) is 0 Å². The number of amides is 1. The van der Waals surface area contributed by atoms with Gasteiger partial charge in [-0.3, -0.25) is 15.1 Å². The van der Waals surface area contributed by atoms with Gasteiger partial charge in [0.15, 0.2) is 0 Å². The quantitative estimate of drug-likeness (QED) is 0.459. The number of carbonyl (C=O) groups excluding carboxylic acids is 1. The second kappa shape index (κ2) is 6.56. The van der Waals surface area contributed by atoms with Crippen LogP contribution in [-0.4, -0.2) is 24.4 Å². The number of hydrogen-bond acceptors (Lipinski definition) is 4. The summed E-state index contributed by atoms with van der Waals surface area (Å²) in [4.78, 5) is 13.6. The largest absolute Gasteiger partial charge is 0.464 e. The van der Waals surface area contributed by atoms with Crippen LogP contribution in [0, 0.1) is 12.8 Å². The Balaban J connectivity index is 2.60. The first-order valence-electron chi connectivity index (χ1n) is 6.22. The first-order chi connectivity index (χ1) is 8.43. The van der Waals surface area contributed by atoms with Crippen molar-refractivity contribution in [2.24, 2.45) is 11.8 Å². The normalized spacial score (nSPS) is 11.3. The average molecular weight is 253 g/mol. The van der Waals surface area contributed by atoms with Crippen LogP contribution in [0.5, 0.6) is 0 Å². The van der Waals surface area contributed by atoms with Crippen LogP contribution >= 0.6 is 0 Å². The third-order valence-electron chi connectivity index (χ3n) is 2.86. The van der Waals surface area contributed by atoms with Gasteiger partial charge in [0.2, 0.25) is 0 Å². The Kier molecular flexibility index (Phi) is 5.37. The Hall–Kier alpha value is -1.33. The van der Waals surface area contributed by atoms with Gasteiger partial charge in [-0.25, -0.2) is 5.84 Å². The fraction of sp³-hybridized carbons (Fsp3) is 0.615. The molecule has 1 heterocycles. The molecule has 102 valence electrons. The van der Waals surface area contributed by atoms with Gasteiger partial charge in [0.1, 0.15) is 11.5 Å². The number of nitrogens with two attached hydrogens (primary N) is 1. The minimum Gasteiger partial charge on any atom is -0.464 e. The van der Waals surface area contributed by atoms with E-state index in [1.807, 2.05) is 7.05 Å².